The third kappa shape index (κ3) is 1.66. The Morgan fingerprint density at radius 2 is 1.81 bits per heavy atom. The maximum absolute atomic E-state index is 5.96. The van der Waals surface area contributed by atoms with Gasteiger partial charge in [0.1, 0.15) is 0 Å². The van der Waals surface area contributed by atoms with Gasteiger partial charge in [0.15, 0.2) is 0 Å². The topological polar surface area (TPSA) is 29.3 Å². The van der Waals surface area contributed by atoms with Gasteiger partial charge < -0.3 is 5.73 Å². The first-order chi connectivity index (χ1) is 7.88. The van der Waals surface area contributed by atoms with E-state index in [1.54, 1.807) is 0 Å². The lowest BCUT2D eigenvalue weighted by Crippen LogP contribution is -2.45. The summed E-state index contributed by atoms with van der Waals surface area (Å²) in [4.78, 5) is 2.58. The molecule has 2 nitrogen and oxygen atoms in total. The molecule has 0 bridgehead atoms. The lowest BCUT2D eigenvalue weighted by atomic mass is 9.79. The van der Waals surface area contributed by atoms with Crippen LogP contribution in [-0.2, 0) is 13.1 Å². The highest BCUT2D eigenvalue weighted by Gasteiger charge is 2.33. The lowest BCUT2D eigenvalue weighted by molar-refractivity contribution is 0.0988. The van der Waals surface area contributed by atoms with Crippen molar-refractivity contribution in [2.45, 2.75) is 38.4 Å². The first kappa shape index (κ1) is 10.3. The van der Waals surface area contributed by atoms with Gasteiger partial charge in [-0.3, -0.25) is 4.90 Å². The van der Waals surface area contributed by atoms with Crippen LogP contribution in [0.15, 0.2) is 24.3 Å². The molecule has 2 aliphatic rings. The van der Waals surface area contributed by atoms with Crippen LogP contribution in [0.2, 0.25) is 0 Å². The summed E-state index contributed by atoms with van der Waals surface area (Å²) in [5, 5.41) is 0. The maximum atomic E-state index is 5.96. The van der Waals surface area contributed by atoms with E-state index in [2.05, 4.69) is 29.2 Å². The van der Waals surface area contributed by atoms with E-state index in [0.29, 0.717) is 6.04 Å². The zero-order valence-corrected chi connectivity index (χ0v) is 9.73. The molecule has 1 atom stereocenters. The fraction of sp³-hybridized carbons (Fsp3) is 0.571. The summed E-state index contributed by atoms with van der Waals surface area (Å²) in [6, 6.07) is 9.40. The summed E-state index contributed by atoms with van der Waals surface area (Å²) in [6.07, 6.45) is 4.17. The molecule has 1 unspecified atom stereocenters. The van der Waals surface area contributed by atoms with Crippen LogP contribution >= 0.6 is 0 Å². The first-order valence-electron chi connectivity index (χ1n) is 6.39. The second-order valence-corrected chi connectivity index (χ2v) is 5.17. The summed E-state index contributed by atoms with van der Waals surface area (Å²) < 4.78 is 0. The van der Waals surface area contributed by atoms with Gasteiger partial charge in [-0.2, -0.15) is 0 Å². The molecule has 1 aliphatic carbocycles. The smallest absolute Gasteiger partial charge is 0.0253 e. The Bertz CT molecular complexity index is 346. The zero-order valence-electron chi connectivity index (χ0n) is 9.73. The number of hydrogen-bond acceptors (Lipinski definition) is 2. The molecular weight excluding hydrogens is 196 g/mol. The molecule has 1 aliphatic heterocycles. The highest BCUT2D eigenvalue weighted by atomic mass is 15.2. The zero-order chi connectivity index (χ0) is 11.0. The van der Waals surface area contributed by atoms with Crippen molar-refractivity contribution < 1.29 is 0 Å². The fourth-order valence-corrected chi connectivity index (χ4v) is 3.06. The quantitative estimate of drug-likeness (QED) is 0.838. The average molecular weight is 216 g/mol. The highest BCUT2D eigenvalue weighted by Crippen LogP contribution is 2.35. The Balaban J connectivity index is 1.74. The Kier molecular flexibility index (Phi) is 2.70. The second kappa shape index (κ2) is 4.19. The molecule has 0 aromatic heterocycles. The number of hydrogen-bond donors (Lipinski definition) is 1. The van der Waals surface area contributed by atoms with Crippen LogP contribution in [-0.4, -0.2) is 17.5 Å². The normalized spacial score (nSPS) is 22.8. The van der Waals surface area contributed by atoms with Gasteiger partial charge in [0.25, 0.3) is 0 Å². The minimum absolute atomic E-state index is 0.612. The summed E-state index contributed by atoms with van der Waals surface area (Å²) >= 11 is 0. The Hall–Kier alpha value is -0.860. The van der Waals surface area contributed by atoms with Gasteiger partial charge in [-0.1, -0.05) is 30.7 Å². The molecule has 2 heteroatoms. The predicted molar refractivity (Wildman–Crippen MR) is 65.9 cm³/mol. The molecule has 16 heavy (non-hydrogen) atoms. The molecule has 1 fully saturated rings. The van der Waals surface area contributed by atoms with Gasteiger partial charge in [0.05, 0.1) is 0 Å². The van der Waals surface area contributed by atoms with Crippen LogP contribution in [0, 0.1) is 5.92 Å². The lowest BCUT2D eigenvalue weighted by Gasteiger charge is -2.38. The summed E-state index contributed by atoms with van der Waals surface area (Å²) in [5.41, 5.74) is 8.96. The maximum Gasteiger partial charge on any atom is 0.0253 e. The van der Waals surface area contributed by atoms with Crippen molar-refractivity contribution in [1.29, 1.82) is 0 Å². The monoisotopic (exact) mass is 216 g/mol. The van der Waals surface area contributed by atoms with Crippen molar-refractivity contribution in [3.63, 3.8) is 0 Å². The average Bonchev–Trinajstić information content (AvgIpc) is 2.66. The van der Waals surface area contributed by atoms with Crippen molar-refractivity contribution in [2.24, 2.45) is 11.7 Å². The van der Waals surface area contributed by atoms with Crippen molar-refractivity contribution in [3.8, 4) is 0 Å². The molecule has 2 N–H and O–H groups in total. The number of rotatable bonds is 3. The molecule has 1 aromatic carbocycles. The fourth-order valence-electron chi connectivity index (χ4n) is 3.06. The van der Waals surface area contributed by atoms with Crippen molar-refractivity contribution in [1.82, 2.24) is 4.90 Å². The molecule has 1 saturated carbocycles. The van der Waals surface area contributed by atoms with Crippen LogP contribution in [0.3, 0.4) is 0 Å². The van der Waals surface area contributed by atoms with Gasteiger partial charge in [-0.05, 0) is 29.9 Å². The number of nitrogens with zero attached hydrogens (tertiary/aromatic N) is 1. The van der Waals surface area contributed by atoms with Crippen LogP contribution < -0.4 is 5.73 Å². The van der Waals surface area contributed by atoms with Crippen molar-refractivity contribution in [2.75, 3.05) is 6.54 Å². The largest absolute Gasteiger partial charge is 0.329 e. The van der Waals surface area contributed by atoms with E-state index >= 15 is 0 Å². The SMILES string of the molecule is NCC(C1CCC1)N1Cc2ccccc2C1. The van der Waals surface area contributed by atoms with Gasteiger partial charge in [-0.25, -0.2) is 0 Å². The van der Waals surface area contributed by atoms with E-state index in [4.69, 9.17) is 5.73 Å². The van der Waals surface area contributed by atoms with Crippen LogP contribution in [0.25, 0.3) is 0 Å². The van der Waals surface area contributed by atoms with E-state index in [1.165, 1.54) is 30.4 Å². The van der Waals surface area contributed by atoms with Crippen LogP contribution in [0.5, 0.6) is 0 Å². The van der Waals surface area contributed by atoms with Gasteiger partial charge >= 0.3 is 0 Å². The van der Waals surface area contributed by atoms with Crippen molar-refractivity contribution >= 4 is 0 Å². The minimum Gasteiger partial charge on any atom is -0.329 e. The van der Waals surface area contributed by atoms with E-state index < -0.39 is 0 Å². The van der Waals surface area contributed by atoms with E-state index in [0.717, 1.165) is 25.6 Å². The van der Waals surface area contributed by atoms with Crippen LogP contribution in [0.1, 0.15) is 30.4 Å². The molecule has 0 spiro atoms. The highest BCUT2D eigenvalue weighted by molar-refractivity contribution is 5.30. The molecular formula is C14H20N2. The van der Waals surface area contributed by atoms with Crippen molar-refractivity contribution in [3.05, 3.63) is 35.4 Å². The summed E-state index contributed by atoms with van der Waals surface area (Å²) in [6.45, 7) is 3.03. The molecule has 0 amide bonds. The molecule has 1 heterocycles. The van der Waals surface area contributed by atoms with E-state index in [1.807, 2.05) is 0 Å². The Labute approximate surface area is 97.4 Å². The number of nitrogens with two attached hydrogens (primary N) is 1. The van der Waals surface area contributed by atoms with E-state index in [-0.39, 0.29) is 0 Å². The predicted octanol–water partition coefficient (Wildman–Crippen LogP) is 2.13. The van der Waals surface area contributed by atoms with Crippen LogP contribution in [0.4, 0.5) is 0 Å². The van der Waals surface area contributed by atoms with Gasteiger partial charge in [-0.15, -0.1) is 0 Å². The summed E-state index contributed by atoms with van der Waals surface area (Å²) in [7, 11) is 0. The third-order valence-electron chi connectivity index (χ3n) is 4.27. The molecule has 1 aromatic rings. The Morgan fingerprint density at radius 1 is 1.19 bits per heavy atom. The molecule has 86 valence electrons. The second-order valence-electron chi connectivity index (χ2n) is 5.17. The number of fused-ring (bicyclic) bond motifs is 1. The van der Waals surface area contributed by atoms with E-state index in [9.17, 15) is 0 Å². The standard InChI is InChI=1S/C14H20N2/c15-8-14(11-6-3-7-11)16-9-12-4-1-2-5-13(12)10-16/h1-2,4-5,11,14H,3,6-10,15H2. The first-order valence-corrected chi connectivity index (χ1v) is 6.39. The number of benzene rings is 1. The molecule has 0 saturated heterocycles. The minimum atomic E-state index is 0.612. The molecule has 0 radical (unpaired) electrons. The molecule has 3 rings (SSSR count). The van der Waals surface area contributed by atoms with Gasteiger partial charge in [0, 0.05) is 25.7 Å². The Morgan fingerprint density at radius 3 is 2.25 bits per heavy atom. The third-order valence-corrected chi connectivity index (χ3v) is 4.27. The van der Waals surface area contributed by atoms with Gasteiger partial charge in [0.2, 0.25) is 0 Å². The summed E-state index contributed by atoms with van der Waals surface area (Å²) in [5.74, 6) is 0.860.